The van der Waals surface area contributed by atoms with Crippen LogP contribution in [-0.4, -0.2) is 47.4 Å². The predicted octanol–water partition coefficient (Wildman–Crippen LogP) is 3.78. The summed E-state index contributed by atoms with van der Waals surface area (Å²) < 4.78 is 24.6. The normalized spacial score (nSPS) is 14.3. The second-order valence-electron chi connectivity index (χ2n) is 5.60. The van der Waals surface area contributed by atoms with Gasteiger partial charge in [0.2, 0.25) is 0 Å². The fourth-order valence-corrected chi connectivity index (χ4v) is 3.32. The molecule has 8 heteroatoms. The van der Waals surface area contributed by atoms with E-state index in [0.29, 0.717) is 25.9 Å². The Balaban J connectivity index is 0.00000184. The minimum Gasteiger partial charge on any atom is -0.465 e. The molecule has 1 aliphatic heterocycles. The highest BCUT2D eigenvalue weighted by Gasteiger charge is 2.26. The Kier molecular flexibility index (Phi) is 14.5. The first kappa shape index (κ1) is 26.8. The molecule has 29 heavy (non-hydrogen) atoms. The highest BCUT2D eigenvalue weighted by atomic mass is 32.2. The van der Waals surface area contributed by atoms with E-state index in [9.17, 15) is 13.8 Å². The van der Waals surface area contributed by atoms with E-state index < -0.39 is 17.0 Å². The highest BCUT2D eigenvalue weighted by Crippen LogP contribution is 2.14. The fourth-order valence-electron chi connectivity index (χ4n) is 2.40. The van der Waals surface area contributed by atoms with Crippen LogP contribution in [0.15, 0.2) is 41.8 Å². The van der Waals surface area contributed by atoms with Crippen LogP contribution in [0.25, 0.3) is 0 Å². The van der Waals surface area contributed by atoms with E-state index in [0.717, 1.165) is 5.56 Å². The molecule has 1 amide bonds. The molecule has 0 bridgehead atoms. The van der Waals surface area contributed by atoms with Crippen molar-refractivity contribution in [3.63, 3.8) is 0 Å². The van der Waals surface area contributed by atoms with Crippen molar-refractivity contribution in [1.82, 2.24) is 9.62 Å². The smallest absolute Gasteiger partial charge is 0.410 e. The maximum Gasteiger partial charge on any atom is 0.410 e. The number of amides is 1. The lowest BCUT2D eigenvalue weighted by Gasteiger charge is -2.31. The first-order valence-electron chi connectivity index (χ1n) is 9.92. The summed E-state index contributed by atoms with van der Waals surface area (Å²) in [6.07, 6.45) is 0.865. The Hall–Kier alpha value is -2.19. The van der Waals surface area contributed by atoms with Crippen molar-refractivity contribution in [3.8, 4) is 0 Å². The second-order valence-corrected chi connectivity index (χ2v) is 6.87. The minimum absolute atomic E-state index is 0.0691. The van der Waals surface area contributed by atoms with Crippen molar-refractivity contribution in [2.24, 2.45) is 0 Å². The van der Waals surface area contributed by atoms with Crippen LogP contribution < -0.4 is 4.72 Å². The lowest BCUT2D eigenvalue weighted by molar-refractivity contribution is -0.135. The number of nitrogens with one attached hydrogen (secondary N) is 1. The van der Waals surface area contributed by atoms with Crippen LogP contribution in [0.4, 0.5) is 4.79 Å². The zero-order valence-corrected chi connectivity index (χ0v) is 18.9. The van der Waals surface area contributed by atoms with Gasteiger partial charge in [-0.2, -0.15) is 0 Å². The van der Waals surface area contributed by atoms with Crippen molar-refractivity contribution < 1.29 is 23.3 Å². The SMILES string of the molecule is C=C(C(=O)OC)S(=O)NC1CCN(C(=O)OCc2ccccc2)CC1.CC.CC. The van der Waals surface area contributed by atoms with Crippen molar-refractivity contribution in [2.45, 2.75) is 53.2 Å². The Morgan fingerprint density at radius 2 is 1.69 bits per heavy atom. The number of hydrogen-bond acceptors (Lipinski definition) is 5. The molecule has 1 aromatic rings. The van der Waals surface area contributed by atoms with Gasteiger partial charge in [-0.1, -0.05) is 64.6 Å². The molecule has 0 aromatic heterocycles. The molecule has 1 aromatic carbocycles. The van der Waals surface area contributed by atoms with E-state index in [1.54, 1.807) is 4.90 Å². The number of methoxy groups -OCH3 is 1. The average Bonchev–Trinajstić information content (AvgIpc) is 2.80. The van der Waals surface area contributed by atoms with Gasteiger partial charge >= 0.3 is 12.1 Å². The summed E-state index contributed by atoms with van der Waals surface area (Å²) in [5.41, 5.74) is 0.934. The lowest BCUT2D eigenvalue weighted by atomic mass is 10.1. The summed E-state index contributed by atoms with van der Waals surface area (Å²) in [5.74, 6) is -0.701. The number of carbonyl (C=O) groups excluding carboxylic acids is 2. The fraction of sp³-hybridized carbons (Fsp3) is 0.524. The van der Waals surface area contributed by atoms with Gasteiger partial charge in [0.05, 0.1) is 7.11 Å². The van der Waals surface area contributed by atoms with E-state index in [1.807, 2.05) is 58.0 Å². The molecule has 164 valence electrons. The Morgan fingerprint density at radius 3 is 2.21 bits per heavy atom. The molecule has 1 unspecified atom stereocenters. The number of rotatable bonds is 6. The number of hydrogen-bond donors (Lipinski definition) is 1. The van der Waals surface area contributed by atoms with Crippen molar-refractivity contribution >= 4 is 23.0 Å². The molecule has 1 aliphatic rings. The van der Waals surface area contributed by atoms with E-state index in [-0.39, 0.29) is 23.6 Å². The molecule has 1 fully saturated rings. The van der Waals surface area contributed by atoms with Gasteiger partial charge in [0.25, 0.3) is 0 Å². The summed E-state index contributed by atoms with van der Waals surface area (Å²) in [6.45, 7) is 12.7. The summed E-state index contributed by atoms with van der Waals surface area (Å²) in [4.78, 5) is 24.9. The maximum atomic E-state index is 12.1. The quantitative estimate of drug-likeness (QED) is 0.553. The molecule has 1 heterocycles. The van der Waals surface area contributed by atoms with E-state index in [4.69, 9.17) is 4.74 Å². The second kappa shape index (κ2) is 15.7. The lowest BCUT2D eigenvalue weighted by Crippen LogP contribution is -2.45. The average molecular weight is 427 g/mol. The van der Waals surface area contributed by atoms with Crippen LogP contribution in [0.3, 0.4) is 0 Å². The molecule has 0 saturated carbocycles. The monoisotopic (exact) mass is 426 g/mol. The van der Waals surface area contributed by atoms with Gasteiger partial charge in [0.1, 0.15) is 22.5 Å². The Morgan fingerprint density at radius 1 is 1.14 bits per heavy atom. The number of piperidine rings is 1. The zero-order chi connectivity index (χ0) is 22.2. The molecular formula is C21H34N2O5S. The van der Waals surface area contributed by atoms with E-state index in [1.165, 1.54) is 7.11 Å². The molecular weight excluding hydrogens is 392 g/mol. The predicted molar refractivity (Wildman–Crippen MR) is 116 cm³/mol. The highest BCUT2D eigenvalue weighted by molar-refractivity contribution is 7.88. The number of esters is 1. The third-order valence-corrected chi connectivity index (χ3v) is 5.03. The van der Waals surface area contributed by atoms with Gasteiger partial charge < -0.3 is 14.4 Å². The van der Waals surface area contributed by atoms with Crippen LogP contribution in [-0.2, 0) is 31.9 Å². The molecule has 2 rings (SSSR count). The molecule has 7 nitrogen and oxygen atoms in total. The summed E-state index contributed by atoms with van der Waals surface area (Å²) in [5, 5.41) is 0. The van der Waals surface area contributed by atoms with Crippen LogP contribution in [0, 0.1) is 0 Å². The minimum atomic E-state index is -1.70. The van der Waals surface area contributed by atoms with Crippen molar-refractivity contribution in [1.29, 1.82) is 0 Å². The van der Waals surface area contributed by atoms with Crippen molar-refractivity contribution in [3.05, 3.63) is 47.4 Å². The molecule has 0 spiro atoms. The Labute approximate surface area is 177 Å². The van der Waals surface area contributed by atoms with E-state index in [2.05, 4.69) is 16.0 Å². The van der Waals surface area contributed by atoms with Crippen LogP contribution >= 0.6 is 0 Å². The number of nitrogens with zero attached hydrogens (tertiary/aromatic N) is 1. The van der Waals surface area contributed by atoms with Gasteiger partial charge in [-0.25, -0.2) is 18.5 Å². The number of carbonyl (C=O) groups is 2. The first-order chi connectivity index (χ1) is 14.0. The van der Waals surface area contributed by atoms with Crippen LogP contribution in [0.5, 0.6) is 0 Å². The van der Waals surface area contributed by atoms with E-state index >= 15 is 0 Å². The summed E-state index contributed by atoms with van der Waals surface area (Å²) in [6, 6.07) is 9.41. The van der Waals surface area contributed by atoms with Gasteiger partial charge in [0, 0.05) is 19.1 Å². The number of benzene rings is 1. The van der Waals surface area contributed by atoms with Crippen LogP contribution in [0.2, 0.25) is 0 Å². The topological polar surface area (TPSA) is 84.9 Å². The van der Waals surface area contributed by atoms with Gasteiger partial charge in [-0.15, -0.1) is 0 Å². The van der Waals surface area contributed by atoms with Gasteiger partial charge in [0.15, 0.2) is 0 Å². The standard InChI is InChI=1S/C17H22N2O5S.2C2H6/c1-13(16(20)23-2)25(22)18-15-8-10-19(11-9-15)17(21)24-12-14-6-4-3-5-7-14;2*1-2/h3-7,15,18H,1,8-12H2,2H3;2*1-2H3. The Bertz CT molecular complexity index is 644. The van der Waals surface area contributed by atoms with Gasteiger partial charge in [-0.3, -0.25) is 0 Å². The van der Waals surface area contributed by atoms with Gasteiger partial charge in [-0.05, 0) is 18.4 Å². The first-order valence-corrected chi connectivity index (χ1v) is 11.1. The molecule has 0 aliphatic carbocycles. The third-order valence-electron chi connectivity index (χ3n) is 3.87. The third kappa shape index (κ3) is 9.71. The molecule has 1 atom stereocenters. The molecule has 0 radical (unpaired) electrons. The largest absolute Gasteiger partial charge is 0.465 e. The molecule has 1 N–H and O–H groups in total. The van der Waals surface area contributed by atoms with Crippen molar-refractivity contribution in [2.75, 3.05) is 20.2 Å². The number of likely N-dealkylation sites (tertiary alicyclic amines) is 1. The summed E-state index contributed by atoms with van der Waals surface area (Å²) >= 11 is 0. The number of ether oxygens (including phenoxy) is 2. The molecule has 1 saturated heterocycles. The zero-order valence-electron chi connectivity index (χ0n) is 18.1. The van der Waals surface area contributed by atoms with Crippen LogP contribution in [0.1, 0.15) is 46.1 Å². The summed E-state index contributed by atoms with van der Waals surface area (Å²) in [7, 11) is -0.484. The maximum absolute atomic E-state index is 12.1.